The number of aromatic nitrogens is 1. The van der Waals surface area contributed by atoms with E-state index in [2.05, 4.69) is 4.98 Å². The lowest BCUT2D eigenvalue weighted by atomic mass is 10.3. The van der Waals surface area contributed by atoms with E-state index < -0.39 is 18.3 Å². The van der Waals surface area contributed by atoms with Crippen molar-refractivity contribution in [3.05, 3.63) is 11.6 Å². The number of hydrogen-bond acceptors (Lipinski definition) is 3. The van der Waals surface area contributed by atoms with Crippen molar-refractivity contribution in [1.82, 2.24) is 4.98 Å². The predicted octanol–water partition coefficient (Wildman–Crippen LogP) is 1.98. The summed E-state index contributed by atoms with van der Waals surface area (Å²) >= 11 is 0.858. The third-order valence-corrected chi connectivity index (χ3v) is 1.92. The van der Waals surface area contributed by atoms with Crippen LogP contribution in [0.25, 0.3) is 0 Å². The van der Waals surface area contributed by atoms with Gasteiger partial charge in [-0.25, -0.2) is 13.8 Å². The molecule has 0 fully saturated rings. The molecular formula is C6H4F4N2OS. The zero-order valence-electron chi connectivity index (χ0n) is 6.51. The summed E-state index contributed by atoms with van der Waals surface area (Å²) in [7, 11) is 0. The summed E-state index contributed by atoms with van der Waals surface area (Å²) < 4.78 is 48.0. The molecule has 8 heteroatoms. The van der Waals surface area contributed by atoms with Crippen molar-refractivity contribution in [1.29, 1.82) is 0 Å². The number of halogens is 4. The van der Waals surface area contributed by atoms with E-state index in [9.17, 15) is 22.4 Å². The highest BCUT2D eigenvalue weighted by molar-refractivity contribution is 7.13. The molecular weight excluding hydrogens is 224 g/mol. The van der Waals surface area contributed by atoms with Gasteiger partial charge in [0.2, 0.25) is 0 Å². The number of nitrogens with one attached hydrogen (secondary N) is 1. The largest absolute Gasteiger partial charge is 0.383 e. The number of amides is 1. The van der Waals surface area contributed by atoms with E-state index in [1.54, 1.807) is 5.32 Å². The molecule has 0 bridgehead atoms. The minimum absolute atomic E-state index is 0.143. The zero-order chi connectivity index (χ0) is 10.8. The van der Waals surface area contributed by atoms with Crippen LogP contribution in [0.2, 0.25) is 0 Å². The maximum absolute atomic E-state index is 12.3. The molecule has 1 N–H and O–H groups in total. The summed E-state index contributed by atoms with van der Waals surface area (Å²) in [5.41, 5.74) is 0. The highest BCUT2D eigenvalue weighted by Crippen LogP contribution is 2.25. The molecule has 78 valence electrons. The van der Waals surface area contributed by atoms with Crippen LogP contribution in [0.3, 0.4) is 0 Å². The Bertz CT molecular complexity index is 314. The SMILES string of the molecule is O=C(Nc1nccs1)C(F)(F)C(F)F. The first-order valence-electron chi connectivity index (χ1n) is 3.31. The Morgan fingerprint density at radius 1 is 1.57 bits per heavy atom. The van der Waals surface area contributed by atoms with E-state index in [1.165, 1.54) is 11.6 Å². The number of carbonyl (C=O) groups is 1. The molecule has 1 rings (SSSR count). The van der Waals surface area contributed by atoms with Crippen LogP contribution in [0.15, 0.2) is 11.6 Å². The quantitative estimate of drug-likeness (QED) is 0.804. The highest BCUT2D eigenvalue weighted by Gasteiger charge is 2.49. The lowest BCUT2D eigenvalue weighted by Gasteiger charge is -2.12. The Balaban J connectivity index is 2.67. The lowest BCUT2D eigenvalue weighted by molar-refractivity contribution is -0.163. The van der Waals surface area contributed by atoms with Crippen LogP contribution in [0.5, 0.6) is 0 Å². The molecule has 0 aromatic carbocycles. The first-order chi connectivity index (χ1) is 6.44. The fourth-order valence-corrected chi connectivity index (χ4v) is 1.09. The van der Waals surface area contributed by atoms with Gasteiger partial charge in [0.25, 0.3) is 0 Å². The second-order valence-corrected chi connectivity index (χ2v) is 3.11. The second kappa shape index (κ2) is 3.91. The van der Waals surface area contributed by atoms with Crippen LogP contribution in [-0.4, -0.2) is 23.2 Å². The first-order valence-corrected chi connectivity index (χ1v) is 4.19. The van der Waals surface area contributed by atoms with Crippen molar-refractivity contribution < 1.29 is 22.4 Å². The van der Waals surface area contributed by atoms with E-state index in [-0.39, 0.29) is 5.13 Å². The molecule has 0 aliphatic carbocycles. The van der Waals surface area contributed by atoms with E-state index in [1.807, 2.05) is 0 Å². The summed E-state index contributed by atoms with van der Waals surface area (Å²) in [5, 5.41) is 2.85. The monoisotopic (exact) mass is 228 g/mol. The van der Waals surface area contributed by atoms with Crippen molar-refractivity contribution in [3.63, 3.8) is 0 Å². The van der Waals surface area contributed by atoms with Gasteiger partial charge in [-0.15, -0.1) is 11.3 Å². The molecule has 0 saturated carbocycles. The normalized spacial score (nSPS) is 11.8. The van der Waals surface area contributed by atoms with Crippen LogP contribution in [0.1, 0.15) is 0 Å². The van der Waals surface area contributed by atoms with E-state index >= 15 is 0 Å². The van der Waals surface area contributed by atoms with E-state index in [4.69, 9.17) is 0 Å². The van der Waals surface area contributed by atoms with Crippen LogP contribution in [0.4, 0.5) is 22.7 Å². The van der Waals surface area contributed by atoms with E-state index in [0.717, 1.165) is 11.3 Å². The standard InChI is InChI=1S/C6H4F4N2OS/c7-3(8)6(9,10)4(13)12-5-11-1-2-14-5/h1-3H,(H,11,12,13). The number of hydrogen-bond donors (Lipinski definition) is 1. The Morgan fingerprint density at radius 2 is 2.21 bits per heavy atom. The van der Waals surface area contributed by atoms with Crippen molar-refractivity contribution in [2.45, 2.75) is 12.3 Å². The number of nitrogens with zero attached hydrogens (tertiary/aromatic N) is 1. The number of anilines is 1. The van der Waals surface area contributed by atoms with Gasteiger partial charge >= 0.3 is 18.3 Å². The Labute approximate surface area is 79.8 Å². The molecule has 1 heterocycles. The molecule has 0 aliphatic heterocycles. The molecule has 1 aromatic rings. The topological polar surface area (TPSA) is 42.0 Å². The van der Waals surface area contributed by atoms with E-state index in [0.29, 0.717) is 0 Å². The lowest BCUT2D eigenvalue weighted by Crippen LogP contribution is -2.40. The molecule has 1 amide bonds. The third kappa shape index (κ3) is 2.19. The molecule has 0 aliphatic rings. The van der Waals surface area contributed by atoms with Gasteiger partial charge in [-0.3, -0.25) is 10.1 Å². The maximum Gasteiger partial charge on any atom is 0.383 e. The first kappa shape index (κ1) is 10.9. The highest BCUT2D eigenvalue weighted by atomic mass is 32.1. The Kier molecular flexibility index (Phi) is 3.04. The predicted molar refractivity (Wildman–Crippen MR) is 41.7 cm³/mol. The summed E-state index contributed by atoms with van der Waals surface area (Å²) in [6, 6.07) is 0. The maximum atomic E-state index is 12.3. The van der Waals surface area contributed by atoms with Crippen LogP contribution in [0, 0.1) is 0 Å². The summed E-state index contributed by atoms with van der Waals surface area (Å²) in [6.07, 6.45) is -2.77. The van der Waals surface area contributed by atoms with Crippen molar-refractivity contribution in [3.8, 4) is 0 Å². The van der Waals surface area contributed by atoms with Gasteiger partial charge in [0.05, 0.1) is 0 Å². The van der Waals surface area contributed by atoms with Gasteiger partial charge in [-0.1, -0.05) is 0 Å². The Hall–Kier alpha value is -1.18. The van der Waals surface area contributed by atoms with Crippen LogP contribution >= 0.6 is 11.3 Å². The fourth-order valence-electron chi connectivity index (χ4n) is 0.565. The molecule has 1 aromatic heterocycles. The average molecular weight is 228 g/mol. The van der Waals surface area contributed by atoms with Gasteiger partial charge in [0.1, 0.15) is 0 Å². The molecule has 0 radical (unpaired) electrons. The number of carbonyl (C=O) groups excluding carboxylic acids is 1. The second-order valence-electron chi connectivity index (χ2n) is 2.22. The van der Waals surface area contributed by atoms with Crippen molar-refractivity contribution >= 4 is 22.4 Å². The fraction of sp³-hybridized carbons (Fsp3) is 0.333. The van der Waals surface area contributed by atoms with Gasteiger partial charge in [0, 0.05) is 11.6 Å². The van der Waals surface area contributed by atoms with Gasteiger partial charge in [-0.2, -0.15) is 8.78 Å². The summed E-state index contributed by atoms with van der Waals surface area (Å²) in [6.45, 7) is 0. The number of rotatable bonds is 3. The minimum atomic E-state index is -4.69. The van der Waals surface area contributed by atoms with Crippen LogP contribution < -0.4 is 5.32 Å². The minimum Gasteiger partial charge on any atom is -0.296 e. The third-order valence-electron chi connectivity index (χ3n) is 1.23. The molecule has 3 nitrogen and oxygen atoms in total. The summed E-state index contributed by atoms with van der Waals surface area (Å²) in [5.74, 6) is -6.74. The number of alkyl halides is 4. The Morgan fingerprint density at radius 3 is 2.64 bits per heavy atom. The average Bonchev–Trinajstić information content (AvgIpc) is 2.56. The summed E-state index contributed by atoms with van der Waals surface area (Å²) in [4.78, 5) is 14.0. The molecule has 0 spiro atoms. The molecule has 0 atom stereocenters. The van der Waals surface area contributed by atoms with Gasteiger partial charge in [0.15, 0.2) is 5.13 Å². The number of thiazole rings is 1. The smallest absolute Gasteiger partial charge is 0.296 e. The van der Waals surface area contributed by atoms with Gasteiger partial charge < -0.3 is 0 Å². The molecule has 14 heavy (non-hydrogen) atoms. The van der Waals surface area contributed by atoms with Crippen LogP contribution in [-0.2, 0) is 4.79 Å². The molecule has 0 unspecified atom stereocenters. The van der Waals surface area contributed by atoms with Crippen molar-refractivity contribution in [2.24, 2.45) is 0 Å². The van der Waals surface area contributed by atoms with Gasteiger partial charge in [-0.05, 0) is 0 Å². The van der Waals surface area contributed by atoms with Crippen molar-refractivity contribution in [2.75, 3.05) is 5.32 Å². The molecule has 0 saturated heterocycles. The zero-order valence-corrected chi connectivity index (χ0v) is 7.32.